The number of hydrogen-bond acceptors (Lipinski definition) is 4. The van der Waals surface area contributed by atoms with Gasteiger partial charge in [0.2, 0.25) is 0 Å². The Labute approximate surface area is 106 Å². The smallest absolute Gasteiger partial charge is 0.152 e. The van der Waals surface area contributed by atoms with Crippen molar-refractivity contribution in [2.75, 3.05) is 18.5 Å². The highest BCUT2D eigenvalue weighted by molar-refractivity contribution is 5.48. The average Bonchev–Trinajstić information content (AvgIpc) is 2.87. The van der Waals surface area contributed by atoms with E-state index in [9.17, 15) is 0 Å². The molecule has 1 aliphatic heterocycles. The van der Waals surface area contributed by atoms with Gasteiger partial charge < -0.3 is 14.8 Å². The maximum atomic E-state index is 4.14. The highest BCUT2D eigenvalue weighted by Crippen LogP contribution is 2.20. The minimum Gasteiger partial charge on any atom is -0.362 e. The lowest BCUT2D eigenvalue weighted by Gasteiger charge is -2.29. The van der Waals surface area contributed by atoms with Crippen LogP contribution in [0.1, 0.15) is 11.4 Å². The third-order valence-electron chi connectivity index (χ3n) is 3.32. The molecule has 0 saturated carbocycles. The number of nitrogens with zero attached hydrogens (tertiary/aromatic N) is 4. The SMILES string of the molecule is CNCc1ccc(N2CCn3cnnc3C2)cc1. The second kappa shape index (κ2) is 4.78. The van der Waals surface area contributed by atoms with E-state index < -0.39 is 0 Å². The number of rotatable bonds is 3. The van der Waals surface area contributed by atoms with Crippen LogP contribution < -0.4 is 10.2 Å². The average molecular weight is 243 g/mol. The summed E-state index contributed by atoms with van der Waals surface area (Å²) >= 11 is 0. The van der Waals surface area contributed by atoms with Gasteiger partial charge in [0.25, 0.3) is 0 Å². The molecule has 2 aromatic rings. The number of hydrogen-bond donors (Lipinski definition) is 1. The summed E-state index contributed by atoms with van der Waals surface area (Å²) in [5, 5.41) is 11.2. The largest absolute Gasteiger partial charge is 0.362 e. The first-order chi connectivity index (χ1) is 8.86. The molecule has 0 radical (unpaired) electrons. The Morgan fingerprint density at radius 2 is 2.06 bits per heavy atom. The second-order valence-electron chi connectivity index (χ2n) is 4.56. The Balaban J connectivity index is 1.76. The zero-order valence-electron chi connectivity index (χ0n) is 10.5. The molecule has 0 saturated heterocycles. The summed E-state index contributed by atoms with van der Waals surface area (Å²) in [6.07, 6.45) is 1.81. The van der Waals surface area contributed by atoms with Crippen molar-refractivity contribution in [3.05, 3.63) is 42.0 Å². The molecule has 5 heteroatoms. The van der Waals surface area contributed by atoms with E-state index >= 15 is 0 Å². The van der Waals surface area contributed by atoms with Crippen molar-refractivity contribution < 1.29 is 0 Å². The van der Waals surface area contributed by atoms with E-state index in [1.54, 1.807) is 0 Å². The molecule has 94 valence electrons. The fraction of sp³-hybridized carbons (Fsp3) is 0.385. The minimum atomic E-state index is 0.839. The maximum Gasteiger partial charge on any atom is 0.152 e. The first-order valence-electron chi connectivity index (χ1n) is 6.22. The standard InChI is InChI=1S/C13H17N5/c1-14-8-11-2-4-12(5-3-11)17-6-7-18-10-15-16-13(18)9-17/h2-5,10,14H,6-9H2,1H3. The van der Waals surface area contributed by atoms with Gasteiger partial charge in [0.05, 0.1) is 6.54 Å². The zero-order valence-corrected chi connectivity index (χ0v) is 10.5. The summed E-state index contributed by atoms with van der Waals surface area (Å²) in [5.74, 6) is 1.04. The van der Waals surface area contributed by atoms with Gasteiger partial charge in [0, 0.05) is 25.3 Å². The number of fused-ring (bicyclic) bond motifs is 1. The van der Waals surface area contributed by atoms with Gasteiger partial charge in [-0.2, -0.15) is 0 Å². The molecule has 0 amide bonds. The van der Waals surface area contributed by atoms with Gasteiger partial charge in [0.1, 0.15) is 6.33 Å². The Morgan fingerprint density at radius 3 is 2.83 bits per heavy atom. The van der Waals surface area contributed by atoms with E-state index in [4.69, 9.17) is 0 Å². The van der Waals surface area contributed by atoms with Gasteiger partial charge in [-0.1, -0.05) is 12.1 Å². The van der Waals surface area contributed by atoms with Crippen molar-refractivity contribution in [2.45, 2.75) is 19.6 Å². The van der Waals surface area contributed by atoms with Crippen LogP contribution in [0.4, 0.5) is 5.69 Å². The second-order valence-corrected chi connectivity index (χ2v) is 4.56. The summed E-state index contributed by atoms with van der Waals surface area (Å²) in [6.45, 7) is 3.72. The molecule has 0 atom stereocenters. The highest BCUT2D eigenvalue weighted by Gasteiger charge is 2.17. The fourth-order valence-electron chi connectivity index (χ4n) is 2.32. The van der Waals surface area contributed by atoms with Gasteiger partial charge >= 0.3 is 0 Å². The molecular weight excluding hydrogens is 226 g/mol. The van der Waals surface area contributed by atoms with Crippen LogP contribution in [0.3, 0.4) is 0 Å². The molecule has 1 aromatic heterocycles. The highest BCUT2D eigenvalue weighted by atomic mass is 15.3. The van der Waals surface area contributed by atoms with Crippen molar-refractivity contribution in [2.24, 2.45) is 0 Å². The molecule has 3 rings (SSSR count). The van der Waals surface area contributed by atoms with E-state index in [0.29, 0.717) is 0 Å². The Bertz CT molecular complexity index is 516. The summed E-state index contributed by atoms with van der Waals surface area (Å²) in [6, 6.07) is 8.70. The summed E-state index contributed by atoms with van der Waals surface area (Å²) < 4.78 is 2.12. The minimum absolute atomic E-state index is 0.839. The van der Waals surface area contributed by atoms with Crippen LogP contribution in [0.15, 0.2) is 30.6 Å². The zero-order chi connectivity index (χ0) is 12.4. The van der Waals surface area contributed by atoms with Crippen LogP contribution in [0.25, 0.3) is 0 Å². The third-order valence-corrected chi connectivity index (χ3v) is 3.32. The molecule has 0 aliphatic carbocycles. The number of nitrogens with one attached hydrogen (secondary N) is 1. The Morgan fingerprint density at radius 1 is 1.22 bits per heavy atom. The molecule has 0 spiro atoms. The van der Waals surface area contributed by atoms with Crippen molar-refractivity contribution >= 4 is 5.69 Å². The van der Waals surface area contributed by atoms with Crippen molar-refractivity contribution in [3.63, 3.8) is 0 Å². The van der Waals surface area contributed by atoms with E-state index in [1.807, 2.05) is 13.4 Å². The molecule has 1 aromatic carbocycles. The monoisotopic (exact) mass is 243 g/mol. The van der Waals surface area contributed by atoms with E-state index in [-0.39, 0.29) is 0 Å². The molecule has 18 heavy (non-hydrogen) atoms. The van der Waals surface area contributed by atoms with Crippen LogP contribution in [-0.2, 0) is 19.6 Å². The van der Waals surface area contributed by atoms with Crippen LogP contribution in [-0.4, -0.2) is 28.4 Å². The van der Waals surface area contributed by atoms with Crippen LogP contribution >= 0.6 is 0 Å². The van der Waals surface area contributed by atoms with Gasteiger partial charge in [-0.05, 0) is 24.7 Å². The molecule has 0 fully saturated rings. The molecule has 0 unspecified atom stereocenters. The summed E-state index contributed by atoms with van der Waals surface area (Å²) in [7, 11) is 1.96. The lowest BCUT2D eigenvalue weighted by Crippen LogP contribution is -2.33. The Kier molecular flexibility index (Phi) is 2.98. The number of aromatic nitrogens is 3. The normalized spacial score (nSPS) is 14.6. The van der Waals surface area contributed by atoms with Crippen molar-refractivity contribution in [1.82, 2.24) is 20.1 Å². The summed E-state index contributed by atoms with van der Waals surface area (Å²) in [4.78, 5) is 2.34. The Hall–Kier alpha value is -1.88. The number of benzene rings is 1. The van der Waals surface area contributed by atoms with Gasteiger partial charge in [0.15, 0.2) is 5.82 Å². The third kappa shape index (κ3) is 2.09. The van der Waals surface area contributed by atoms with Crippen molar-refractivity contribution in [1.29, 1.82) is 0 Å². The fourth-order valence-corrected chi connectivity index (χ4v) is 2.32. The van der Waals surface area contributed by atoms with E-state index in [1.165, 1.54) is 11.3 Å². The molecule has 0 bridgehead atoms. The predicted molar refractivity (Wildman–Crippen MR) is 70.3 cm³/mol. The quantitative estimate of drug-likeness (QED) is 0.874. The van der Waals surface area contributed by atoms with E-state index in [0.717, 1.165) is 32.0 Å². The molecule has 2 heterocycles. The van der Waals surface area contributed by atoms with Gasteiger partial charge in [-0.3, -0.25) is 0 Å². The van der Waals surface area contributed by atoms with Crippen LogP contribution in [0.2, 0.25) is 0 Å². The van der Waals surface area contributed by atoms with Crippen LogP contribution in [0, 0.1) is 0 Å². The van der Waals surface area contributed by atoms with Gasteiger partial charge in [-0.15, -0.1) is 10.2 Å². The summed E-state index contributed by atoms with van der Waals surface area (Å²) in [5.41, 5.74) is 2.56. The first kappa shape index (κ1) is 11.2. The topological polar surface area (TPSA) is 46.0 Å². The lowest BCUT2D eigenvalue weighted by atomic mass is 10.2. The molecule has 5 nitrogen and oxygen atoms in total. The lowest BCUT2D eigenvalue weighted by molar-refractivity contribution is 0.560. The molecule has 1 N–H and O–H groups in total. The molecular formula is C13H17N5. The van der Waals surface area contributed by atoms with Crippen molar-refractivity contribution in [3.8, 4) is 0 Å². The number of anilines is 1. The van der Waals surface area contributed by atoms with E-state index in [2.05, 4.69) is 49.2 Å². The first-order valence-corrected chi connectivity index (χ1v) is 6.22. The maximum absolute atomic E-state index is 4.14. The van der Waals surface area contributed by atoms with Crippen LogP contribution in [0.5, 0.6) is 0 Å². The predicted octanol–water partition coefficient (Wildman–Crippen LogP) is 1.02. The molecule has 1 aliphatic rings. The van der Waals surface area contributed by atoms with Gasteiger partial charge in [-0.25, -0.2) is 0 Å².